The van der Waals surface area contributed by atoms with Crippen molar-refractivity contribution in [3.05, 3.63) is 30.6 Å². The lowest BCUT2D eigenvalue weighted by atomic mass is 10.5. The summed E-state index contributed by atoms with van der Waals surface area (Å²) in [6.07, 6.45) is 3.50. The van der Waals surface area contributed by atoms with Gasteiger partial charge in [-0.1, -0.05) is 6.07 Å². The van der Waals surface area contributed by atoms with Gasteiger partial charge in [0, 0.05) is 12.4 Å². The highest BCUT2D eigenvalue weighted by molar-refractivity contribution is 4.88. The molecule has 1 aromatic rings. The minimum absolute atomic E-state index is 0. The molecule has 11 heavy (non-hydrogen) atoms. The zero-order chi connectivity index (χ0) is 4.24. The summed E-state index contributed by atoms with van der Waals surface area (Å²) in [7, 11) is 0. The minimum atomic E-state index is 0. The number of rotatable bonds is 0. The minimum Gasteiger partial charge on any atom is -0.269 e. The van der Waals surface area contributed by atoms with Crippen LogP contribution in [-0.4, -0.2) is 4.98 Å². The van der Waals surface area contributed by atoms with Gasteiger partial charge in [0.1, 0.15) is 0 Å². The van der Waals surface area contributed by atoms with Crippen LogP contribution in [0.4, 0.5) is 23.5 Å². The van der Waals surface area contributed by atoms with Crippen molar-refractivity contribution < 1.29 is 23.5 Å². The molecule has 0 saturated carbocycles. The average Bonchev–Trinajstić information content (AvgIpc) is 1.72. The van der Waals surface area contributed by atoms with Crippen LogP contribution in [0, 0.1) is 0 Å². The van der Waals surface area contributed by atoms with E-state index in [2.05, 4.69) is 4.98 Å². The fourth-order valence-corrected chi connectivity index (χ4v) is 0.313. The molecule has 0 radical (unpaired) electrons. The first-order valence-electron chi connectivity index (χ1n) is 1.85. The van der Waals surface area contributed by atoms with Gasteiger partial charge in [0.15, 0.2) is 0 Å². The first-order chi connectivity index (χ1) is 3.00. The Hall–Kier alpha value is -1.20. The largest absolute Gasteiger partial charge is 0.269 e. The first kappa shape index (κ1) is 32.9. The van der Waals surface area contributed by atoms with E-state index < -0.39 is 0 Å². The van der Waals surface area contributed by atoms with E-state index >= 15 is 0 Å². The molecule has 0 aromatic carbocycles. The van der Waals surface area contributed by atoms with Crippen LogP contribution in [-0.2, 0) is 0 Å². The summed E-state index contributed by atoms with van der Waals surface area (Å²) in [4.78, 5) is 3.78. The maximum absolute atomic E-state index is 3.78. The van der Waals surface area contributed by atoms with Gasteiger partial charge in [0.05, 0.1) is 0 Å². The van der Waals surface area contributed by atoms with E-state index in [1.54, 1.807) is 12.4 Å². The van der Waals surface area contributed by atoms with E-state index in [1.165, 1.54) is 0 Å². The van der Waals surface area contributed by atoms with Gasteiger partial charge >= 0.3 is 0 Å². The molecule has 0 aliphatic heterocycles. The predicted octanol–water partition coefficient (Wildman–Crippen LogP) is 1.84. The third-order valence-corrected chi connectivity index (χ3v) is 0.566. The highest BCUT2D eigenvalue weighted by Crippen LogP contribution is 1.73. The fourth-order valence-electron chi connectivity index (χ4n) is 0.313. The standard InChI is InChI=1S/C5H5N.5FH/c1-2-4-6-5-3-1;;;;;/h1-5H;5*1H. The van der Waals surface area contributed by atoms with Crippen molar-refractivity contribution >= 4 is 0 Å². The van der Waals surface area contributed by atoms with Gasteiger partial charge in [0.2, 0.25) is 0 Å². The molecular weight excluding hydrogens is 169 g/mol. The first-order valence-corrected chi connectivity index (χ1v) is 1.85. The number of nitrogens with zero attached hydrogens (tertiary/aromatic N) is 1. The van der Waals surface area contributed by atoms with Crippen molar-refractivity contribution in [1.29, 1.82) is 0 Å². The second-order valence-electron chi connectivity index (χ2n) is 1.02. The van der Waals surface area contributed by atoms with Crippen molar-refractivity contribution in [2.75, 3.05) is 0 Å². The lowest BCUT2D eigenvalue weighted by molar-refractivity contribution is 1.11. The molecular formula is C5H10F5N. The Morgan fingerprint density at radius 3 is 1.00 bits per heavy atom. The molecule has 0 fully saturated rings. The second-order valence-corrected chi connectivity index (χ2v) is 1.02. The van der Waals surface area contributed by atoms with E-state index in [-0.39, 0.29) is 23.5 Å². The molecule has 1 aromatic heterocycles. The topological polar surface area (TPSA) is 12.9 Å². The van der Waals surface area contributed by atoms with E-state index in [9.17, 15) is 0 Å². The second kappa shape index (κ2) is 23.2. The normalized spacial score (nSPS) is 4.36. The summed E-state index contributed by atoms with van der Waals surface area (Å²) >= 11 is 0. The van der Waals surface area contributed by atoms with E-state index in [0.717, 1.165) is 0 Å². The highest BCUT2D eigenvalue weighted by Gasteiger charge is 1.58. The molecule has 0 bridgehead atoms. The Kier molecular flexibility index (Phi) is 69.6. The molecule has 0 amide bonds. The fraction of sp³-hybridized carbons (Fsp3) is 0. The van der Waals surface area contributed by atoms with Crippen LogP contribution in [0.5, 0.6) is 0 Å². The lowest BCUT2D eigenvalue weighted by Crippen LogP contribution is -1.58. The number of aromatic nitrogens is 1. The Labute approximate surface area is 60.3 Å². The molecule has 0 atom stereocenters. The highest BCUT2D eigenvalue weighted by atomic mass is 19.0. The smallest absolute Gasteiger partial charge is 0.0267 e. The Morgan fingerprint density at radius 1 is 0.545 bits per heavy atom. The van der Waals surface area contributed by atoms with Crippen LogP contribution in [0.3, 0.4) is 0 Å². The molecule has 6 heteroatoms. The number of pyridine rings is 1. The summed E-state index contributed by atoms with van der Waals surface area (Å²) in [5.74, 6) is 0. The van der Waals surface area contributed by atoms with Crippen molar-refractivity contribution in [3.8, 4) is 0 Å². The molecule has 0 saturated heterocycles. The van der Waals surface area contributed by atoms with Crippen molar-refractivity contribution in [1.82, 2.24) is 4.98 Å². The van der Waals surface area contributed by atoms with Crippen LogP contribution >= 0.6 is 0 Å². The van der Waals surface area contributed by atoms with Gasteiger partial charge in [-0.25, -0.2) is 0 Å². The van der Waals surface area contributed by atoms with Crippen molar-refractivity contribution in [3.63, 3.8) is 0 Å². The van der Waals surface area contributed by atoms with E-state index in [0.29, 0.717) is 0 Å². The Morgan fingerprint density at radius 2 is 0.909 bits per heavy atom. The molecule has 1 heterocycles. The van der Waals surface area contributed by atoms with Crippen LogP contribution in [0.2, 0.25) is 0 Å². The zero-order valence-electron chi connectivity index (χ0n) is 5.38. The number of hydrogen-bond acceptors (Lipinski definition) is 1. The molecule has 1 rings (SSSR count). The van der Waals surface area contributed by atoms with Crippen LogP contribution < -0.4 is 0 Å². The Balaban J connectivity index is -0.0000000240. The summed E-state index contributed by atoms with van der Waals surface area (Å²) in [6, 6.07) is 5.72. The van der Waals surface area contributed by atoms with Gasteiger partial charge in [-0.05, 0) is 12.1 Å². The van der Waals surface area contributed by atoms with Gasteiger partial charge in [-0.15, -0.1) is 0 Å². The molecule has 0 aliphatic carbocycles. The number of halogens is 5. The zero-order valence-corrected chi connectivity index (χ0v) is 5.38. The van der Waals surface area contributed by atoms with Gasteiger partial charge < -0.3 is 0 Å². The molecule has 0 spiro atoms. The van der Waals surface area contributed by atoms with Gasteiger partial charge in [0.25, 0.3) is 0 Å². The third kappa shape index (κ3) is 17.7. The predicted molar refractivity (Wildman–Crippen MR) is 36.8 cm³/mol. The summed E-state index contributed by atoms with van der Waals surface area (Å²) in [5.41, 5.74) is 0. The quantitative estimate of drug-likeness (QED) is 0.554. The third-order valence-electron chi connectivity index (χ3n) is 0.566. The summed E-state index contributed by atoms with van der Waals surface area (Å²) < 4.78 is 0. The average molecular weight is 179 g/mol. The lowest BCUT2D eigenvalue weighted by Gasteiger charge is -1.70. The molecule has 0 N–H and O–H groups in total. The van der Waals surface area contributed by atoms with Crippen molar-refractivity contribution in [2.24, 2.45) is 0 Å². The molecule has 0 aliphatic rings. The Bertz CT molecular complexity index is 86.8. The van der Waals surface area contributed by atoms with Gasteiger partial charge in [-0.2, -0.15) is 0 Å². The maximum atomic E-state index is 3.78. The van der Waals surface area contributed by atoms with Gasteiger partial charge in [-0.3, -0.25) is 28.5 Å². The number of hydrogen-bond donors (Lipinski definition) is 0. The monoisotopic (exact) mass is 179 g/mol. The molecule has 0 unspecified atom stereocenters. The van der Waals surface area contributed by atoms with E-state index in [1.807, 2.05) is 18.2 Å². The van der Waals surface area contributed by atoms with E-state index in [4.69, 9.17) is 0 Å². The van der Waals surface area contributed by atoms with Crippen LogP contribution in [0.15, 0.2) is 30.6 Å². The van der Waals surface area contributed by atoms with Crippen LogP contribution in [0.1, 0.15) is 0 Å². The SMILES string of the molecule is F.F.F.F.F.c1ccncc1. The van der Waals surface area contributed by atoms with Crippen molar-refractivity contribution in [2.45, 2.75) is 0 Å². The van der Waals surface area contributed by atoms with Crippen LogP contribution in [0.25, 0.3) is 0 Å². The molecule has 1 nitrogen and oxygen atoms in total. The molecule has 70 valence electrons. The summed E-state index contributed by atoms with van der Waals surface area (Å²) in [6.45, 7) is 0. The maximum Gasteiger partial charge on any atom is 0.0267 e. The summed E-state index contributed by atoms with van der Waals surface area (Å²) in [5, 5.41) is 0.